The van der Waals surface area contributed by atoms with Gasteiger partial charge in [0.2, 0.25) is 5.91 Å². The van der Waals surface area contributed by atoms with E-state index in [1.54, 1.807) is 11.8 Å². The van der Waals surface area contributed by atoms with Gasteiger partial charge in [0.1, 0.15) is 0 Å². The van der Waals surface area contributed by atoms with Crippen molar-refractivity contribution >= 4 is 17.7 Å². The molecule has 114 valence electrons. The van der Waals surface area contributed by atoms with Crippen molar-refractivity contribution in [1.29, 1.82) is 0 Å². The zero-order chi connectivity index (χ0) is 14.2. The number of carbonyl (C=O) groups excluding carboxylic acids is 1. The highest BCUT2D eigenvalue weighted by atomic mass is 32.2. The summed E-state index contributed by atoms with van der Waals surface area (Å²) in [6.07, 6.45) is 11.3. The Morgan fingerprint density at radius 1 is 1.25 bits per heavy atom. The van der Waals surface area contributed by atoms with Crippen LogP contribution in [-0.4, -0.2) is 30.5 Å². The van der Waals surface area contributed by atoms with E-state index in [1.807, 2.05) is 0 Å². The van der Waals surface area contributed by atoms with E-state index >= 15 is 0 Å². The summed E-state index contributed by atoms with van der Waals surface area (Å²) in [6.45, 7) is 0.877. The van der Waals surface area contributed by atoms with E-state index in [9.17, 15) is 4.79 Å². The lowest BCUT2D eigenvalue weighted by Crippen LogP contribution is -2.53. The third-order valence-corrected chi connectivity index (χ3v) is 6.42. The standard InChI is InChI=1S/C16H28N2OS/c1-20-3-2-14(17)15(19)18-10-16-7-11-4-12(8-16)6-13(5-11)9-16/h11-14H,2-10,17H2,1H3,(H,18,19)/t11?,12?,13?,14-,16?/m0/s1. The molecule has 4 saturated carbocycles. The highest BCUT2D eigenvalue weighted by Gasteiger charge is 2.50. The van der Waals surface area contributed by atoms with Gasteiger partial charge >= 0.3 is 0 Å². The molecule has 0 spiro atoms. The van der Waals surface area contributed by atoms with Crippen molar-refractivity contribution in [2.45, 2.75) is 51.0 Å². The fraction of sp³-hybridized carbons (Fsp3) is 0.938. The van der Waals surface area contributed by atoms with Crippen LogP contribution in [0.25, 0.3) is 0 Å². The number of thioether (sulfide) groups is 1. The fourth-order valence-electron chi connectivity index (χ4n) is 5.29. The Kier molecular flexibility index (Phi) is 4.32. The van der Waals surface area contributed by atoms with E-state index in [1.165, 1.54) is 38.5 Å². The molecule has 1 amide bonds. The lowest BCUT2D eigenvalue weighted by molar-refractivity contribution is -0.124. The second kappa shape index (κ2) is 5.88. The van der Waals surface area contributed by atoms with Crippen LogP contribution >= 0.6 is 11.8 Å². The minimum atomic E-state index is -0.323. The van der Waals surface area contributed by atoms with Gasteiger partial charge in [-0.25, -0.2) is 0 Å². The van der Waals surface area contributed by atoms with Crippen molar-refractivity contribution in [3.05, 3.63) is 0 Å². The SMILES string of the molecule is CSCC[C@H](N)C(=O)NCC12CC3CC(CC(C3)C1)C2. The highest BCUT2D eigenvalue weighted by Crippen LogP contribution is 2.59. The summed E-state index contributed by atoms with van der Waals surface area (Å²) >= 11 is 1.75. The average Bonchev–Trinajstić information content (AvgIpc) is 2.40. The minimum absolute atomic E-state index is 0.0646. The van der Waals surface area contributed by atoms with Gasteiger partial charge in [-0.3, -0.25) is 4.79 Å². The van der Waals surface area contributed by atoms with Crippen LogP contribution in [0.5, 0.6) is 0 Å². The number of hydrogen-bond acceptors (Lipinski definition) is 3. The normalized spacial score (nSPS) is 39.8. The number of hydrogen-bond donors (Lipinski definition) is 2. The second-order valence-corrected chi connectivity index (χ2v) is 8.51. The van der Waals surface area contributed by atoms with Crippen LogP contribution in [0.3, 0.4) is 0 Å². The van der Waals surface area contributed by atoms with Gasteiger partial charge in [-0.15, -0.1) is 0 Å². The van der Waals surface area contributed by atoms with Crippen molar-refractivity contribution in [2.75, 3.05) is 18.6 Å². The summed E-state index contributed by atoms with van der Waals surface area (Å²) in [7, 11) is 0. The number of amides is 1. The van der Waals surface area contributed by atoms with Gasteiger partial charge in [0, 0.05) is 6.54 Å². The molecule has 20 heavy (non-hydrogen) atoms. The Bertz CT molecular complexity index is 336. The van der Waals surface area contributed by atoms with Crippen LogP contribution in [0.1, 0.15) is 44.9 Å². The van der Waals surface area contributed by atoms with Gasteiger partial charge in [-0.1, -0.05) is 0 Å². The van der Waals surface area contributed by atoms with Gasteiger partial charge in [0.05, 0.1) is 6.04 Å². The van der Waals surface area contributed by atoms with Crippen molar-refractivity contribution in [3.63, 3.8) is 0 Å². The summed E-state index contributed by atoms with van der Waals surface area (Å²) < 4.78 is 0. The molecule has 0 aromatic carbocycles. The molecule has 0 aromatic rings. The first kappa shape index (κ1) is 14.7. The van der Waals surface area contributed by atoms with Gasteiger partial charge < -0.3 is 11.1 Å². The van der Waals surface area contributed by atoms with Crippen molar-refractivity contribution in [1.82, 2.24) is 5.32 Å². The van der Waals surface area contributed by atoms with Crippen molar-refractivity contribution in [2.24, 2.45) is 28.9 Å². The number of carbonyl (C=O) groups is 1. The Balaban J connectivity index is 1.52. The van der Waals surface area contributed by atoms with Gasteiger partial charge in [-0.05, 0) is 80.1 Å². The lowest BCUT2D eigenvalue weighted by atomic mass is 9.49. The highest BCUT2D eigenvalue weighted by molar-refractivity contribution is 7.98. The van der Waals surface area contributed by atoms with E-state index in [2.05, 4.69) is 11.6 Å². The molecule has 3 nitrogen and oxygen atoms in total. The van der Waals surface area contributed by atoms with Crippen LogP contribution in [0.4, 0.5) is 0 Å². The summed E-state index contributed by atoms with van der Waals surface area (Å²) in [5.74, 6) is 3.87. The van der Waals surface area contributed by atoms with Gasteiger partial charge in [-0.2, -0.15) is 11.8 Å². The molecule has 3 N–H and O–H groups in total. The van der Waals surface area contributed by atoms with Crippen LogP contribution in [-0.2, 0) is 4.79 Å². The molecule has 4 aliphatic rings. The first-order valence-corrected chi connectivity index (χ1v) is 9.52. The van der Waals surface area contributed by atoms with Gasteiger partial charge in [0.25, 0.3) is 0 Å². The Morgan fingerprint density at radius 2 is 1.80 bits per heavy atom. The van der Waals surface area contributed by atoms with Crippen molar-refractivity contribution in [3.8, 4) is 0 Å². The quantitative estimate of drug-likeness (QED) is 0.791. The molecular weight excluding hydrogens is 268 g/mol. The van der Waals surface area contributed by atoms with E-state index < -0.39 is 0 Å². The molecule has 1 atom stereocenters. The average molecular weight is 296 g/mol. The summed E-state index contributed by atoms with van der Waals surface area (Å²) in [4.78, 5) is 12.1. The Hall–Kier alpha value is -0.220. The van der Waals surface area contributed by atoms with Crippen LogP contribution in [0, 0.1) is 23.2 Å². The molecule has 4 heteroatoms. The largest absolute Gasteiger partial charge is 0.354 e. The molecule has 4 aliphatic carbocycles. The molecule has 4 rings (SSSR count). The zero-order valence-corrected chi connectivity index (χ0v) is 13.4. The monoisotopic (exact) mass is 296 g/mol. The topological polar surface area (TPSA) is 55.1 Å². The molecule has 0 unspecified atom stereocenters. The molecule has 4 bridgehead atoms. The molecular formula is C16H28N2OS. The lowest BCUT2D eigenvalue weighted by Gasteiger charge is -2.57. The smallest absolute Gasteiger partial charge is 0.236 e. The van der Waals surface area contributed by atoms with Crippen LogP contribution in [0.15, 0.2) is 0 Å². The Morgan fingerprint density at radius 3 is 2.30 bits per heavy atom. The molecule has 0 heterocycles. The van der Waals surface area contributed by atoms with E-state index in [-0.39, 0.29) is 11.9 Å². The number of rotatable bonds is 6. The summed E-state index contributed by atoms with van der Waals surface area (Å²) in [5.41, 5.74) is 6.38. The first-order valence-electron chi connectivity index (χ1n) is 8.12. The Labute approximate surface area is 126 Å². The van der Waals surface area contributed by atoms with E-state index in [0.717, 1.165) is 36.5 Å². The minimum Gasteiger partial charge on any atom is -0.354 e. The molecule has 4 fully saturated rings. The third kappa shape index (κ3) is 3.01. The molecule has 0 radical (unpaired) electrons. The number of nitrogens with one attached hydrogen (secondary N) is 1. The molecule has 0 aromatic heterocycles. The van der Waals surface area contributed by atoms with Gasteiger partial charge in [0.15, 0.2) is 0 Å². The van der Waals surface area contributed by atoms with E-state index in [0.29, 0.717) is 5.41 Å². The summed E-state index contributed by atoms with van der Waals surface area (Å²) in [6, 6.07) is -0.323. The maximum atomic E-state index is 12.1. The van der Waals surface area contributed by atoms with Crippen LogP contribution < -0.4 is 11.1 Å². The number of nitrogens with two attached hydrogens (primary N) is 1. The zero-order valence-electron chi connectivity index (χ0n) is 12.6. The maximum absolute atomic E-state index is 12.1. The predicted octanol–water partition coefficient (Wildman–Crippen LogP) is 2.40. The predicted molar refractivity (Wildman–Crippen MR) is 84.6 cm³/mol. The third-order valence-electron chi connectivity index (χ3n) is 5.77. The maximum Gasteiger partial charge on any atom is 0.236 e. The second-order valence-electron chi connectivity index (χ2n) is 7.52. The molecule has 0 saturated heterocycles. The fourth-order valence-corrected chi connectivity index (χ4v) is 5.78. The van der Waals surface area contributed by atoms with Crippen molar-refractivity contribution < 1.29 is 4.79 Å². The van der Waals surface area contributed by atoms with Crippen LogP contribution in [0.2, 0.25) is 0 Å². The summed E-state index contributed by atoms with van der Waals surface area (Å²) in [5, 5.41) is 3.18. The molecule has 0 aliphatic heterocycles. The van der Waals surface area contributed by atoms with E-state index in [4.69, 9.17) is 5.73 Å². The first-order chi connectivity index (χ1) is 9.60.